The molecule has 6 nitrogen and oxygen atoms in total. The molecule has 1 saturated heterocycles. The topological polar surface area (TPSA) is 63.1 Å². The SMILES string of the molecule is C[C@H](CNC(=O)CSc1nnc([C@H](C)N2CCCCC2)n1-c1ccc(F)cc1)c1ccccc1. The highest BCUT2D eigenvalue weighted by atomic mass is 32.2. The van der Waals surface area contributed by atoms with E-state index in [1.807, 2.05) is 22.8 Å². The van der Waals surface area contributed by atoms with Crippen LogP contribution in [0.1, 0.15) is 56.5 Å². The lowest BCUT2D eigenvalue weighted by molar-refractivity contribution is -0.118. The molecule has 1 fully saturated rings. The number of nitrogens with zero attached hydrogens (tertiary/aromatic N) is 4. The first-order valence-electron chi connectivity index (χ1n) is 11.9. The number of halogens is 1. The van der Waals surface area contributed by atoms with Crippen LogP contribution in [0.3, 0.4) is 0 Å². The molecule has 1 N–H and O–H groups in total. The summed E-state index contributed by atoms with van der Waals surface area (Å²) in [7, 11) is 0. The van der Waals surface area contributed by atoms with Gasteiger partial charge in [-0.2, -0.15) is 0 Å². The molecule has 0 bridgehead atoms. The first-order valence-corrected chi connectivity index (χ1v) is 12.9. The van der Waals surface area contributed by atoms with Gasteiger partial charge in [-0.1, -0.05) is 55.4 Å². The first kappa shape index (κ1) is 24.4. The highest BCUT2D eigenvalue weighted by molar-refractivity contribution is 7.99. The molecule has 3 aromatic rings. The molecule has 0 unspecified atom stereocenters. The number of thioether (sulfide) groups is 1. The molecular formula is C26H32FN5OS. The Morgan fingerprint density at radius 2 is 1.74 bits per heavy atom. The van der Waals surface area contributed by atoms with Crippen molar-refractivity contribution in [3.63, 3.8) is 0 Å². The van der Waals surface area contributed by atoms with Gasteiger partial charge in [0.15, 0.2) is 11.0 Å². The fraction of sp³-hybridized carbons (Fsp3) is 0.423. The third kappa shape index (κ3) is 6.04. The number of amides is 1. The third-order valence-corrected chi connectivity index (χ3v) is 7.29. The summed E-state index contributed by atoms with van der Waals surface area (Å²) < 4.78 is 15.6. The molecule has 0 aliphatic carbocycles. The van der Waals surface area contributed by atoms with Crippen LogP contribution in [-0.2, 0) is 4.79 Å². The Labute approximate surface area is 205 Å². The average molecular weight is 482 g/mol. The highest BCUT2D eigenvalue weighted by Gasteiger charge is 2.26. The van der Waals surface area contributed by atoms with E-state index in [-0.39, 0.29) is 29.4 Å². The van der Waals surface area contributed by atoms with Crippen LogP contribution >= 0.6 is 11.8 Å². The summed E-state index contributed by atoms with van der Waals surface area (Å²) in [5.74, 6) is 0.943. The van der Waals surface area contributed by atoms with Crippen molar-refractivity contribution < 1.29 is 9.18 Å². The van der Waals surface area contributed by atoms with Crippen LogP contribution in [-0.4, -0.2) is 51.0 Å². The van der Waals surface area contributed by atoms with Crippen molar-refractivity contribution >= 4 is 17.7 Å². The molecule has 0 radical (unpaired) electrons. The van der Waals surface area contributed by atoms with Crippen LogP contribution < -0.4 is 5.32 Å². The summed E-state index contributed by atoms with van der Waals surface area (Å²) in [5.41, 5.74) is 1.99. The molecule has 34 heavy (non-hydrogen) atoms. The quantitative estimate of drug-likeness (QED) is 0.438. The Bertz CT molecular complexity index is 1070. The minimum Gasteiger partial charge on any atom is -0.355 e. The van der Waals surface area contributed by atoms with Crippen LogP contribution in [0.2, 0.25) is 0 Å². The second-order valence-corrected chi connectivity index (χ2v) is 9.77. The van der Waals surface area contributed by atoms with Crippen LogP contribution in [0.5, 0.6) is 0 Å². The van der Waals surface area contributed by atoms with Crippen molar-refractivity contribution in [3.8, 4) is 5.69 Å². The van der Waals surface area contributed by atoms with Crippen molar-refractivity contribution in [2.45, 2.75) is 50.2 Å². The summed E-state index contributed by atoms with van der Waals surface area (Å²) in [6, 6.07) is 16.6. The Hall–Kier alpha value is -2.71. The van der Waals surface area contributed by atoms with Gasteiger partial charge < -0.3 is 5.32 Å². The first-order chi connectivity index (χ1) is 16.5. The lowest BCUT2D eigenvalue weighted by atomic mass is 10.0. The number of carbonyl (C=O) groups excluding carboxylic acids is 1. The summed E-state index contributed by atoms with van der Waals surface area (Å²) in [4.78, 5) is 15.0. The molecule has 1 aliphatic heterocycles. The summed E-state index contributed by atoms with van der Waals surface area (Å²) >= 11 is 1.35. The van der Waals surface area contributed by atoms with E-state index in [4.69, 9.17) is 0 Å². The number of rotatable bonds is 9. The molecule has 2 heterocycles. The van der Waals surface area contributed by atoms with Gasteiger partial charge in [-0.15, -0.1) is 10.2 Å². The fourth-order valence-electron chi connectivity index (χ4n) is 4.29. The van der Waals surface area contributed by atoms with E-state index in [9.17, 15) is 9.18 Å². The number of nitrogens with one attached hydrogen (secondary N) is 1. The predicted molar refractivity (Wildman–Crippen MR) is 134 cm³/mol. The normalized spacial score (nSPS) is 16.2. The lowest BCUT2D eigenvalue weighted by Crippen LogP contribution is -2.33. The van der Waals surface area contributed by atoms with Crippen molar-refractivity contribution in [1.29, 1.82) is 0 Å². The van der Waals surface area contributed by atoms with E-state index in [1.165, 1.54) is 48.7 Å². The summed E-state index contributed by atoms with van der Waals surface area (Å²) in [5, 5.41) is 12.6. The Kier molecular flexibility index (Phi) is 8.34. The summed E-state index contributed by atoms with van der Waals surface area (Å²) in [6.45, 7) is 6.87. The zero-order chi connectivity index (χ0) is 23.9. The Balaban J connectivity index is 1.46. The maximum absolute atomic E-state index is 13.6. The molecule has 1 aliphatic rings. The number of piperidine rings is 1. The minimum atomic E-state index is -0.288. The average Bonchev–Trinajstić information content (AvgIpc) is 3.31. The molecule has 2 aromatic carbocycles. The molecular weight excluding hydrogens is 449 g/mol. The van der Waals surface area contributed by atoms with Gasteiger partial charge in [-0.05, 0) is 68.6 Å². The number of hydrogen-bond acceptors (Lipinski definition) is 5. The second kappa shape index (κ2) is 11.6. The minimum absolute atomic E-state index is 0.0490. The van der Waals surface area contributed by atoms with Crippen LogP contribution in [0.4, 0.5) is 4.39 Å². The molecule has 0 spiro atoms. The van der Waals surface area contributed by atoms with E-state index >= 15 is 0 Å². The molecule has 4 rings (SSSR count). The fourth-order valence-corrected chi connectivity index (χ4v) is 5.08. The van der Waals surface area contributed by atoms with Crippen molar-refractivity contribution in [1.82, 2.24) is 25.0 Å². The van der Waals surface area contributed by atoms with Gasteiger partial charge in [0.05, 0.1) is 11.8 Å². The molecule has 1 aromatic heterocycles. The summed E-state index contributed by atoms with van der Waals surface area (Å²) in [6.07, 6.45) is 3.61. The van der Waals surface area contributed by atoms with Gasteiger partial charge >= 0.3 is 0 Å². The molecule has 1 amide bonds. The Morgan fingerprint density at radius 1 is 1.03 bits per heavy atom. The standard InChI is InChI=1S/C26H32FN5OS/c1-19(21-9-5-3-6-10-21)17-28-24(33)18-34-26-30-29-25(20(2)31-15-7-4-8-16-31)32(26)23-13-11-22(27)12-14-23/h3,5-6,9-14,19-20H,4,7-8,15-18H2,1-2H3,(H,28,33)/t19-,20+/m1/s1. The van der Waals surface area contributed by atoms with Gasteiger partial charge in [0.2, 0.25) is 5.91 Å². The maximum Gasteiger partial charge on any atom is 0.230 e. The number of benzene rings is 2. The van der Waals surface area contributed by atoms with Crippen LogP contribution in [0.25, 0.3) is 5.69 Å². The zero-order valence-electron chi connectivity index (χ0n) is 19.8. The Morgan fingerprint density at radius 3 is 2.44 bits per heavy atom. The molecule has 180 valence electrons. The van der Waals surface area contributed by atoms with Crippen LogP contribution in [0, 0.1) is 5.82 Å². The van der Waals surface area contributed by atoms with E-state index in [1.54, 1.807) is 12.1 Å². The molecule has 8 heteroatoms. The maximum atomic E-state index is 13.6. The molecule has 2 atom stereocenters. The zero-order valence-corrected chi connectivity index (χ0v) is 20.6. The number of carbonyl (C=O) groups is 1. The predicted octanol–water partition coefficient (Wildman–Crippen LogP) is 4.97. The number of aromatic nitrogens is 3. The lowest BCUT2D eigenvalue weighted by Gasteiger charge is -2.31. The van der Waals surface area contributed by atoms with Gasteiger partial charge in [-0.3, -0.25) is 14.3 Å². The molecule has 0 saturated carbocycles. The van der Waals surface area contributed by atoms with E-state index < -0.39 is 0 Å². The van der Waals surface area contributed by atoms with Crippen molar-refractivity contribution in [3.05, 3.63) is 71.8 Å². The largest absolute Gasteiger partial charge is 0.355 e. The van der Waals surface area contributed by atoms with Crippen molar-refractivity contribution in [2.24, 2.45) is 0 Å². The van der Waals surface area contributed by atoms with Gasteiger partial charge in [0.25, 0.3) is 0 Å². The van der Waals surface area contributed by atoms with E-state index in [0.717, 1.165) is 24.6 Å². The second-order valence-electron chi connectivity index (χ2n) is 8.83. The van der Waals surface area contributed by atoms with Crippen molar-refractivity contribution in [2.75, 3.05) is 25.4 Å². The number of hydrogen-bond donors (Lipinski definition) is 1. The van der Waals surface area contributed by atoms with Crippen LogP contribution in [0.15, 0.2) is 59.8 Å². The van der Waals surface area contributed by atoms with Gasteiger partial charge in [-0.25, -0.2) is 4.39 Å². The smallest absolute Gasteiger partial charge is 0.230 e. The van der Waals surface area contributed by atoms with Gasteiger partial charge in [0, 0.05) is 12.2 Å². The van der Waals surface area contributed by atoms with E-state index in [2.05, 4.69) is 46.4 Å². The van der Waals surface area contributed by atoms with E-state index in [0.29, 0.717) is 11.7 Å². The highest BCUT2D eigenvalue weighted by Crippen LogP contribution is 2.29. The number of likely N-dealkylation sites (tertiary alicyclic amines) is 1. The van der Waals surface area contributed by atoms with Gasteiger partial charge in [0.1, 0.15) is 5.82 Å². The monoisotopic (exact) mass is 481 g/mol. The third-order valence-electron chi connectivity index (χ3n) is 6.36.